The number of nitrogens with one attached hydrogen (secondary N) is 1. The van der Waals surface area contributed by atoms with Gasteiger partial charge in [0.25, 0.3) is 0 Å². The molecule has 0 atom stereocenters. The maximum atomic E-state index is 4.45. The lowest BCUT2D eigenvalue weighted by molar-refractivity contribution is 0.626. The van der Waals surface area contributed by atoms with Gasteiger partial charge < -0.3 is 9.88 Å². The molecule has 0 aromatic carbocycles. The molecule has 92 valence electrons. The summed E-state index contributed by atoms with van der Waals surface area (Å²) in [5.74, 6) is 0. The zero-order valence-corrected chi connectivity index (χ0v) is 11.3. The molecule has 17 heavy (non-hydrogen) atoms. The standard InChI is InChI=1S/C13H19N3S/c1-3-16-8-4-5-13(16)9-14-7-6-12-10-17-11(2)15-12/h4-5,8,10,14H,3,6-7,9H2,1-2H3. The molecule has 0 saturated heterocycles. The van der Waals surface area contributed by atoms with E-state index in [0.29, 0.717) is 0 Å². The molecule has 0 aliphatic carbocycles. The normalized spacial score (nSPS) is 10.9. The van der Waals surface area contributed by atoms with E-state index in [4.69, 9.17) is 0 Å². The van der Waals surface area contributed by atoms with Crippen molar-refractivity contribution in [3.63, 3.8) is 0 Å². The zero-order valence-electron chi connectivity index (χ0n) is 10.4. The molecule has 0 radical (unpaired) electrons. The molecule has 4 heteroatoms. The van der Waals surface area contributed by atoms with Gasteiger partial charge in [0.15, 0.2) is 0 Å². The van der Waals surface area contributed by atoms with Gasteiger partial charge in [0.2, 0.25) is 0 Å². The summed E-state index contributed by atoms with van der Waals surface area (Å²) in [4.78, 5) is 4.45. The number of nitrogens with zero attached hydrogens (tertiary/aromatic N) is 2. The second kappa shape index (κ2) is 5.98. The second-order valence-electron chi connectivity index (χ2n) is 4.07. The van der Waals surface area contributed by atoms with Gasteiger partial charge in [-0.05, 0) is 26.0 Å². The summed E-state index contributed by atoms with van der Waals surface area (Å²) in [5, 5.41) is 6.76. The van der Waals surface area contributed by atoms with Crippen LogP contribution in [0.3, 0.4) is 0 Å². The lowest BCUT2D eigenvalue weighted by Gasteiger charge is -2.07. The molecule has 0 bridgehead atoms. The van der Waals surface area contributed by atoms with Crippen molar-refractivity contribution >= 4 is 11.3 Å². The van der Waals surface area contributed by atoms with Crippen molar-refractivity contribution in [1.82, 2.24) is 14.9 Å². The molecule has 0 aliphatic rings. The van der Waals surface area contributed by atoms with Crippen LogP contribution in [0.4, 0.5) is 0 Å². The van der Waals surface area contributed by atoms with Gasteiger partial charge in [-0.1, -0.05) is 0 Å². The minimum Gasteiger partial charge on any atom is -0.351 e. The van der Waals surface area contributed by atoms with Crippen molar-refractivity contribution in [1.29, 1.82) is 0 Å². The van der Waals surface area contributed by atoms with Crippen LogP contribution in [0.1, 0.15) is 23.3 Å². The Bertz CT molecular complexity index is 459. The molecule has 0 amide bonds. The van der Waals surface area contributed by atoms with Gasteiger partial charge >= 0.3 is 0 Å². The van der Waals surface area contributed by atoms with Crippen LogP contribution in [0, 0.1) is 6.92 Å². The number of thiazole rings is 1. The predicted molar refractivity (Wildman–Crippen MR) is 72.4 cm³/mol. The summed E-state index contributed by atoms with van der Waals surface area (Å²) < 4.78 is 2.26. The fourth-order valence-corrected chi connectivity index (χ4v) is 2.52. The second-order valence-corrected chi connectivity index (χ2v) is 5.13. The Kier molecular flexibility index (Phi) is 4.34. The van der Waals surface area contributed by atoms with E-state index in [9.17, 15) is 0 Å². The highest BCUT2D eigenvalue weighted by atomic mass is 32.1. The molecule has 2 rings (SSSR count). The minimum atomic E-state index is 0.934. The maximum absolute atomic E-state index is 4.45. The third kappa shape index (κ3) is 3.41. The van der Waals surface area contributed by atoms with Gasteiger partial charge in [0, 0.05) is 43.3 Å². The number of rotatable bonds is 6. The third-order valence-corrected chi connectivity index (χ3v) is 3.62. The first kappa shape index (κ1) is 12.3. The highest BCUT2D eigenvalue weighted by Gasteiger charge is 2.00. The summed E-state index contributed by atoms with van der Waals surface area (Å²) >= 11 is 1.72. The van der Waals surface area contributed by atoms with Gasteiger partial charge in [-0.3, -0.25) is 0 Å². The lowest BCUT2D eigenvalue weighted by atomic mass is 10.3. The van der Waals surface area contributed by atoms with E-state index in [1.165, 1.54) is 11.4 Å². The van der Waals surface area contributed by atoms with E-state index < -0.39 is 0 Å². The van der Waals surface area contributed by atoms with Crippen molar-refractivity contribution in [2.45, 2.75) is 33.4 Å². The number of hydrogen-bond donors (Lipinski definition) is 1. The van der Waals surface area contributed by atoms with Gasteiger partial charge in [0.1, 0.15) is 0 Å². The fraction of sp³-hybridized carbons (Fsp3) is 0.462. The molecule has 0 unspecified atom stereocenters. The molecular weight excluding hydrogens is 230 g/mol. The quantitative estimate of drug-likeness (QED) is 0.798. The van der Waals surface area contributed by atoms with Gasteiger partial charge in [-0.25, -0.2) is 4.98 Å². The van der Waals surface area contributed by atoms with Gasteiger partial charge in [-0.2, -0.15) is 0 Å². The molecule has 2 aromatic heterocycles. The summed E-state index contributed by atoms with van der Waals surface area (Å²) in [7, 11) is 0. The van der Waals surface area contributed by atoms with Crippen LogP contribution in [-0.4, -0.2) is 16.1 Å². The number of hydrogen-bond acceptors (Lipinski definition) is 3. The van der Waals surface area contributed by atoms with E-state index in [2.05, 4.69) is 52.4 Å². The Hall–Kier alpha value is -1.13. The molecule has 0 fully saturated rings. The van der Waals surface area contributed by atoms with Crippen molar-refractivity contribution in [2.24, 2.45) is 0 Å². The van der Waals surface area contributed by atoms with E-state index >= 15 is 0 Å². The molecule has 1 N–H and O–H groups in total. The predicted octanol–water partition coefficient (Wildman–Crippen LogP) is 2.61. The molecule has 0 spiro atoms. The maximum Gasteiger partial charge on any atom is 0.0897 e. The van der Waals surface area contributed by atoms with Crippen LogP contribution in [0.2, 0.25) is 0 Å². The highest BCUT2D eigenvalue weighted by molar-refractivity contribution is 7.09. The fourth-order valence-electron chi connectivity index (χ4n) is 1.87. The number of aryl methyl sites for hydroxylation is 2. The smallest absolute Gasteiger partial charge is 0.0897 e. The highest BCUT2D eigenvalue weighted by Crippen LogP contribution is 2.08. The summed E-state index contributed by atoms with van der Waals surface area (Å²) in [6.07, 6.45) is 3.14. The van der Waals surface area contributed by atoms with E-state index in [1.807, 2.05) is 0 Å². The topological polar surface area (TPSA) is 29.9 Å². The lowest BCUT2D eigenvalue weighted by Crippen LogP contribution is -2.18. The summed E-state index contributed by atoms with van der Waals surface area (Å²) in [6.45, 7) is 7.18. The van der Waals surface area contributed by atoms with Crippen LogP contribution < -0.4 is 5.32 Å². The summed E-state index contributed by atoms with van der Waals surface area (Å²) in [6, 6.07) is 4.27. The van der Waals surface area contributed by atoms with Crippen LogP contribution >= 0.6 is 11.3 Å². The molecule has 2 heterocycles. The van der Waals surface area contributed by atoms with Gasteiger partial charge in [-0.15, -0.1) is 11.3 Å². The first-order chi connectivity index (χ1) is 8.29. The van der Waals surface area contributed by atoms with Crippen molar-refractivity contribution in [3.05, 3.63) is 40.1 Å². The Labute approximate surface area is 107 Å². The van der Waals surface area contributed by atoms with E-state index in [0.717, 1.165) is 31.1 Å². The van der Waals surface area contributed by atoms with Crippen LogP contribution in [0.5, 0.6) is 0 Å². The first-order valence-electron chi connectivity index (χ1n) is 6.05. The average molecular weight is 249 g/mol. The van der Waals surface area contributed by atoms with Gasteiger partial charge in [0.05, 0.1) is 10.7 Å². The minimum absolute atomic E-state index is 0.934. The molecule has 0 aliphatic heterocycles. The molecule has 3 nitrogen and oxygen atoms in total. The van der Waals surface area contributed by atoms with E-state index in [1.54, 1.807) is 11.3 Å². The zero-order chi connectivity index (χ0) is 12.1. The Morgan fingerprint density at radius 1 is 1.47 bits per heavy atom. The molecule has 0 saturated carbocycles. The Morgan fingerprint density at radius 2 is 2.35 bits per heavy atom. The third-order valence-electron chi connectivity index (χ3n) is 2.79. The van der Waals surface area contributed by atoms with Crippen LogP contribution in [0.15, 0.2) is 23.7 Å². The average Bonchev–Trinajstić information content (AvgIpc) is 2.93. The van der Waals surface area contributed by atoms with Crippen LogP contribution in [0.25, 0.3) is 0 Å². The monoisotopic (exact) mass is 249 g/mol. The molecular formula is C13H19N3S. The largest absolute Gasteiger partial charge is 0.351 e. The SMILES string of the molecule is CCn1cccc1CNCCc1csc(C)n1. The van der Waals surface area contributed by atoms with Crippen molar-refractivity contribution < 1.29 is 0 Å². The first-order valence-corrected chi connectivity index (χ1v) is 6.93. The number of aromatic nitrogens is 2. The van der Waals surface area contributed by atoms with Crippen molar-refractivity contribution in [2.75, 3.05) is 6.54 Å². The van der Waals surface area contributed by atoms with Crippen molar-refractivity contribution in [3.8, 4) is 0 Å². The Balaban J connectivity index is 1.73. The molecule has 2 aromatic rings. The van der Waals surface area contributed by atoms with Crippen LogP contribution in [-0.2, 0) is 19.5 Å². The van der Waals surface area contributed by atoms with E-state index in [-0.39, 0.29) is 0 Å². The summed E-state index contributed by atoms with van der Waals surface area (Å²) in [5.41, 5.74) is 2.55. The Morgan fingerprint density at radius 3 is 3.06 bits per heavy atom.